The molecule has 0 aliphatic rings. The van der Waals surface area contributed by atoms with Gasteiger partial charge in [-0.3, -0.25) is 9.59 Å². The molecule has 1 heterocycles. The van der Waals surface area contributed by atoms with E-state index in [9.17, 15) is 14.8 Å². The third kappa shape index (κ3) is 3.02. The van der Waals surface area contributed by atoms with Crippen molar-refractivity contribution in [3.05, 3.63) is 23.8 Å². The standard InChI is InChI=1S/C12H14N4O4/c1-7(2-5-11(17)18)13-12(19)8-3-4-9-10(6-8)16(20)15-14-9/h3-4,6-7,20H,2,5H2,1H3,(H,13,19)(H,17,18). The average Bonchev–Trinajstić information content (AvgIpc) is 2.77. The lowest BCUT2D eigenvalue weighted by molar-refractivity contribution is -0.137. The van der Waals surface area contributed by atoms with Crippen LogP contribution in [0.3, 0.4) is 0 Å². The number of amides is 1. The van der Waals surface area contributed by atoms with Crippen LogP contribution in [-0.2, 0) is 4.79 Å². The van der Waals surface area contributed by atoms with E-state index >= 15 is 0 Å². The number of carbonyl (C=O) groups is 2. The van der Waals surface area contributed by atoms with Gasteiger partial charge < -0.3 is 15.6 Å². The minimum Gasteiger partial charge on any atom is -0.481 e. The maximum atomic E-state index is 12.0. The molecule has 2 aromatic rings. The van der Waals surface area contributed by atoms with E-state index in [0.29, 0.717) is 27.9 Å². The van der Waals surface area contributed by atoms with Gasteiger partial charge in [0.2, 0.25) is 0 Å². The molecule has 0 aliphatic carbocycles. The lowest BCUT2D eigenvalue weighted by atomic mass is 10.1. The van der Waals surface area contributed by atoms with Crippen LogP contribution in [-0.4, -0.2) is 43.4 Å². The van der Waals surface area contributed by atoms with Gasteiger partial charge in [0.15, 0.2) is 0 Å². The predicted octanol–water partition coefficient (Wildman–Crippen LogP) is 0.652. The van der Waals surface area contributed by atoms with Crippen molar-refractivity contribution in [2.45, 2.75) is 25.8 Å². The summed E-state index contributed by atoms with van der Waals surface area (Å²) in [5, 5.41) is 27.8. The summed E-state index contributed by atoms with van der Waals surface area (Å²) in [5.74, 6) is -1.24. The van der Waals surface area contributed by atoms with Crippen molar-refractivity contribution in [2.75, 3.05) is 0 Å². The number of rotatable bonds is 5. The van der Waals surface area contributed by atoms with E-state index in [1.54, 1.807) is 19.1 Å². The Morgan fingerprint density at radius 2 is 2.20 bits per heavy atom. The highest BCUT2D eigenvalue weighted by Gasteiger charge is 2.13. The third-order valence-electron chi connectivity index (χ3n) is 2.86. The zero-order chi connectivity index (χ0) is 14.7. The first-order valence-corrected chi connectivity index (χ1v) is 6.04. The molecule has 0 bridgehead atoms. The summed E-state index contributed by atoms with van der Waals surface area (Å²) < 4.78 is 0. The van der Waals surface area contributed by atoms with Gasteiger partial charge >= 0.3 is 5.97 Å². The van der Waals surface area contributed by atoms with Crippen LogP contribution < -0.4 is 5.32 Å². The molecule has 0 spiro atoms. The van der Waals surface area contributed by atoms with Crippen LogP contribution in [0.4, 0.5) is 0 Å². The Morgan fingerprint density at radius 3 is 2.90 bits per heavy atom. The molecule has 0 aliphatic heterocycles. The first-order valence-electron chi connectivity index (χ1n) is 6.04. The highest BCUT2D eigenvalue weighted by Crippen LogP contribution is 2.12. The zero-order valence-corrected chi connectivity index (χ0v) is 10.8. The SMILES string of the molecule is CC(CCC(=O)O)NC(=O)c1ccc2nnn(O)c2c1. The van der Waals surface area contributed by atoms with Crippen molar-refractivity contribution in [3.63, 3.8) is 0 Å². The van der Waals surface area contributed by atoms with Crippen LogP contribution in [0.1, 0.15) is 30.1 Å². The molecule has 1 aromatic carbocycles. The summed E-state index contributed by atoms with van der Waals surface area (Å²) in [6, 6.07) is 4.35. The second kappa shape index (κ2) is 5.55. The molecule has 1 unspecified atom stereocenters. The van der Waals surface area contributed by atoms with Gasteiger partial charge in [0.05, 0.1) is 0 Å². The molecule has 0 saturated carbocycles. The second-order valence-corrected chi connectivity index (χ2v) is 4.49. The quantitative estimate of drug-likeness (QED) is 0.691. The minimum absolute atomic E-state index is 0.00614. The Morgan fingerprint density at radius 1 is 1.45 bits per heavy atom. The normalized spacial score (nSPS) is 12.2. The van der Waals surface area contributed by atoms with E-state index in [1.165, 1.54) is 6.07 Å². The molecule has 8 nitrogen and oxygen atoms in total. The van der Waals surface area contributed by atoms with E-state index in [4.69, 9.17) is 5.11 Å². The van der Waals surface area contributed by atoms with Crippen LogP contribution in [0.5, 0.6) is 0 Å². The Bertz CT molecular complexity index is 652. The lowest BCUT2D eigenvalue weighted by Gasteiger charge is -2.12. The molecule has 1 amide bonds. The summed E-state index contributed by atoms with van der Waals surface area (Å²) in [6.45, 7) is 1.73. The maximum absolute atomic E-state index is 12.0. The fraction of sp³-hybridized carbons (Fsp3) is 0.333. The third-order valence-corrected chi connectivity index (χ3v) is 2.86. The number of carboxylic acid groups (broad SMARTS) is 1. The number of hydrogen-bond acceptors (Lipinski definition) is 5. The lowest BCUT2D eigenvalue weighted by Crippen LogP contribution is -2.32. The van der Waals surface area contributed by atoms with Gasteiger partial charge in [-0.25, -0.2) is 0 Å². The van der Waals surface area contributed by atoms with Gasteiger partial charge in [-0.15, -0.1) is 5.10 Å². The molecular weight excluding hydrogens is 264 g/mol. The molecule has 106 valence electrons. The van der Waals surface area contributed by atoms with Gasteiger partial charge in [-0.2, -0.15) is 0 Å². The van der Waals surface area contributed by atoms with Gasteiger partial charge in [0.1, 0.15) is 11.0 Å². The Balaban J connectivity index is 2.07. The highest BCUT2D eigenvalue weighted by molar-refractivity contribution is 5.97. The zero-order valence-electron chi connectivity index (χ0n) is 10.8. The van der Waals surface area contributed by atoms with Crippen molar-refractivity contribution in [3.8, 4) is 0 Å². The molecule has 2 rings (SSSR count). The first-order chi connectivity index (χ1) is 9.47. The topological polar surface area (TPSA) is 117 Å². The number of fused-ring (bicyclic) bond motifs is 1. The van der Waals surface area contributed by atoms with Gasteiger partial charge in [-0.1, -0.05) is 4.85 Å². The van der Waals surface area contributed by atoms with Crippen molar-refractivity contribution in [1.82, 2.24) is 20.5 Å². The highest BCUT2D eigenvalue weighted by atomic mass is 16.5. The summed E-state index contributed by atoms with van der Waals surface area (Å²) in [6.07, 6.45) is 0.344. The Kier molecular flexibility index (Phi) is 3.83. The second-order valence-electron chi connectivity index (χ2n) is 4.49. The number of nitrogens with one attached hydrogen (secondary N) is 1. The van der Waals surface area contributed by atoms with E-state index in [2.05, 4.69) is 15.6 Å². The van der Waals surface area contributed by atoms with Crippen LogP contribution in [0.2, 0.25) is 0 Å². The molecule has 0 fully saturated rings. The van der Waals surface area contributed by atoms with Crippen LogP contribution >= 0.6 is 0 Å². The molecule has 3 N–H and O–H groups in total. The summed E-state index contributed by atoms with van der Waals surface area (Å²) in [4.78, 5) is 23.0. The number of benzene rings is 1. The van der Waals surface area contributed by atoms with Crippen molar-refractivity contribution < 1.29 is 19.9 Å². The van der Waals surface area contributed by atoms with Crippen molar-refractivity contribution in [2.24, 2.45) is 0 Å². The number of aliphatic carboxylic acids is 1. The van der Waals surface area contributed by atoms with E-state index in [-0.39, 0.29) is 18.4 Å². The number of hydrogen-bond donors (Lipinski definition) is 3. The molecule has 20 heavy (non-hydrogen) atoms. The molecular formula is C12H14N4O4. The van der Waals surface area contributed by atoms with Gasteiger partial charge in [0, 0.05) is 18.0 Å². The largest absolute Gasteiger partial charge is 0.481 e. The summed E-state index contributed by atoms with van der Waals surface area (Å²) in [5.41, 5.74) is 1.15. The van der Waals surface area contributed by atoms with E-state index in [0.717, 1.165) is 0 Å². The molecule has 0 saturated heterocycles. The fourth-order valence-electron chi connectivity index (χ4n) is 1.77. The Labute approximate surface area is 114 Å². The minimum atomic E-state index is -0.900. The monoisotopic (exact) mass is 278 g/mol. The van der Waals surface area contributed by atoms with Crippen LogP contribution in [0.25, 0.3) is 11.0 Å². The fourth-order valence-corrected chi connectivity index (χ4v) is 1.77. The number of nitrogens with zero attached hydrogens (tertiary/aromatic N) is 3. The average molecular weight is 278 g/mol. The first kappa shape index (κ1) is 13.8. The molecule has 8 heteroatoms. The van der Waals surface area contributed by atoms with Gasteiger partial charge in [0.25, 0.3) is 5.91 Å². The number of carbonyl (C=O) groups excluding carboxylic acids is 1. The maximum Gasteiger partial charge on any atom is 0.303 e. The Hall–Kier alpha value is -2.64. The molecule has 1 atom stereocenters. The van der Waals surface area contributed by atoms with Gasteiger partial charge in [-0.05, 0) is 36.8 Å². The van der Waals surface area contributed by atoms with Crippen LogP contribution in [0, 0.1) is 0 Å². The molecule has 1 aromatic heterocycles. The summed E-state index contributed by atoms with van der Waals surface area (Å²) in [7, 11) is 0. The van der Waals surface area contributed by atoms with Crippen molar-refractivity contribution >= 4 is 22.9 Å². The predicted molar refractivity (Wildman–Crippen MR) is 68.5 cm³/mol. The van der Waals surface area contributed by atoms with Crippen LogP contribution in [0.15, 0.2) is 18.2 Å². The van der Waals surface area contributed by atoms with E-state index in [1.807, 2.05) is 0 Å². The van der Waals surface area contributed by atoms with Crippen molar-refractivity contribution in [1.29, 1.82) is 0 Å². The van der Waals surface area contributed by atoms with E-state index < -0.39 is 5.97 Å². The smallest absolute Gasteiger partial charge is 0.303 e. The molecule has 0 radical (unpaired) electrons. The number of aromatic nitrogens is 3. The summed E-state index contributed by atoms with van der Waals surface area (Å²) >= 11 is 0. The number of carboxylic acids is 1.